The number of carbonyl (C=O) groups excluding carboxylic acids is 2. The number of para-hydroxylation sites is 1. The zero-order chi connectivity index (χ0) is 27.6. The maximum Gasteiger partial charge on any atom is 1.00 e. The van der Waals surface area contributed by atoms with Gasteiger partial charge in [0, 0.05) is 17.8 Å². The van der Waals surface area contributed by atoms with Crippen LogP contribution in [0.3, 0.4) is 0 Å². The molecule has 0 fully saturated rings. The van der Waals surface area contributed by atoms with Crippen molar-refractivity contribution >= 4 is 29.2 Å². The smallest absolute Gasteiger partial charge is 0.547 e. The van der Waals surface area contributed by atoms with E-state index < -0.39 is 17.4 Å². The number of carbonyl (C=O) groups is 2. The Morgan fingerprint density at radius 3 is 2.50 bits per heavy atom. The first-order valence-corrected chi connectivity index (χ1v) is 13.0. The van der Waals surface area contributed by atoms with E-state index in [-0.39, 0.29) is 35.1 Å². The zero-order valence-electron chi connectivity index (χ0n) is 22.7. The third-order valence-electron chi connectivity index (χ3n) is 7.01. The van der Waals surface area contributed by atoms with E-state index in [0.29, 0.717) is 42.6 Å². The van der Waals surface area contributed by atoms with Crippen LogP contribution in [0.4, 0.5) is 5.69 Å². The van der Waals surface area contributed by atoms with Gasteiger partial charge in [-0.2, -0.15) is 0 Å². The molecule has 10 heteroatoms. The Kier molecular flexibility index (Phi) is 9.26. The first-order valence-electron chi connectivity index (χ1n) is 12.6. The van der Waals surface area contributed by atoms with Gasteiger partial charge in [-0.1, -0.05) is 59.6 Å². The molecule has 1 unspecified atom stereocenters. The number of rotatable bonds is 8. The van der Waals surface area contributed by atoms with Gasteiger partial charge in [-0.05, 0) is 49.2 Å². The minimum atomic E-state index is -1.78. The number of amides is 1. The summed E-state index contributed by atoms with van der Waals surface area (Å²) in [4.78, 5) is 32.1. The normalized spacial score (nSPS) is 13.8. The number of halogens is 1. The molecule has 0 aliphatic carbocycles. The van der Waals surface area contributed by atoms with Crippen LogP contribution in [-0.4, -0.2) is 34.6 Å². The Labute approximate surface area is 260 Å². The van der Waals surface area contributed by atoms with Crippen molar-refractivity contribution < 1.29 is 49.0 Å². The van der Waals surface area contributed by atoms with Crippen LogP contribution in [0.2, 0.25) is 5.02 Å². The fraction of sp³-hybridized carbons (Fsp3) is 0.233. The number of imidazole rings is 1. The van der Waals surface area contributed by atoms with Gasteiger partial charge < -0.3 is 29.4 Å². The molecular weight excluding hydrogens is 539 g/mol. The number of carboxylic acid groups (broad SMARTS) is 1. The van der Waals surface area contributed by atoms with E-state index in [9.17, 15) is 14.7 Å². The molecule has 0 bridgehead atoms. The topological polar surface area (TPSA) is 99.5 Å². The number of nitrogens with zero attached hydrogens (tertiary/aromatic N) is 3. The quantitative estimate of drug-likeness (QED) is 0.315. The van der Waals surface area contributed by atoms with Crippen LogP contribution in [-0.2, 0) is 23.4 Å². The molecule has 0 radical (unpaired) electrons. The Bertz CT molecular complexity index is 1510. The molecule has 2 heterocycles. The first-order chi connectivity index (χ1) is 18.7. The Morgan fingerprint density at radius 2 is 1.80 bits per heavy atom. The second-order valence-electron chi connectivity index (χ2n) is 9.80. The van der Waals surface area contributed by atoms with E-state index in [1.807, 2.05) is 18.6 Å². The van der Waals surface area contributed by atoms with Crippen molar-refractivity contribution in [3.8, 4) is 5.75 Å². The maximum atomic E-state index is 13.4. The van der Waals surface area contributed by atoms with Gasteiger partial charge in [-0.3, -0.25) is 4.79 Å². The molecule has 1 aliphatic rings. The number of anilines is 1. The van der Waals surface area contributed by atoms with Gasteiger partial charge >= 0.3 is 29.6 Å². The Hall–Kier alpha value is -3.30. The molecule has 40 heavy (non-hydrogen) atoms. The minimum Gasteiger partial charge on any atom is -0.547 e. The third-order valence-corrected chi connectivity index (χ3v) is 7.26. The van der Waals surface area contributed by atoms with Gasteiger partial charge in [-0.15, -0.1) is 0 Å². The predicted molar refractivity (Wildman–Crippen MR) is 147 cm³/mol. The zero-order valence-corrected chi connectivity index (χ0v) is 25.4. The average Bonchev–Trinajstić information content (AvgIpc) is 3.36. The molecule has 1 N–H and O–H groups in total. The molecule has 1 aliphatic heterocycles. The molecule has 200 valence electrons. The number of hydrogen-bond donors (Lipinski definition) is 1. The minimum absolute atomic E-state index is 0. The fourth-order valence-corrected chi connectivity index (χ4v) is 4.80. The third kappa shape index (κ3) is 6.20. The van der Waals surface area contributed by atoms with Crippen LogP contribution >= 0.6 is 11.6 Å². The summed E-state index contributed by atoms with van der Waals surface area (Å²) in [7, 11) is 0. The van der Waals surface area contributed by atoms with Gasteiger partial charge in [0.05, 0.1) is 42.3 Å². The van der Waals surface area contributed by atoms with E-state index in [0.717, 1.165) is 11.4 Å². The Morgan fingerprint density at radius 1 is 1.07 bits per heavy atom. The summed E-state index contributed by atoms with van der Waals surface area (Å²) in [5.74, 6) is -1.62. The van der Waals surface area contributed by atoms with Crippen molar-refractivity contribution in [2.45, 2.75) is 32.5 Å². The average molecular weight is 567 g/mol. The maximum absolute atomic E-state index is 13.4. The number of nitrogens with one attached hydrogen (secondary N) is 1. The van der Waals surface area contributed by atoms with Gasteiger partial charge in [-0.25, -0.2) is 4.98 Å². The van der Waals surface area contributed by atoms with Crippen molar-refractivity contribution in [2.24, 2.45) is 0 Å². The molecule has 5 rings (SSSR count). The van der Waals surface area contributed by atoms with E-state index in [4.69, 9.17) is 16.3 Å². The summed E-state index contributed by atoms with van der Waals surface area (Å²) < 4.78 is 8.06. The number of fused-ring (bicyclic) bond motifs is 1. The largest absolute Gasteiger partial charge is 1.00 e. The van der Waals surface area contributed by atoms with Crippen LogP contribution in [0.5, 0.6) is 5.75 Å². The van der Waals surface area contributed by atoms with Gasteiger partial charge in [0.1, 0.15) is 12.1 Å². The summed E-state index contributed by atoms with van der Waals surface area (Å²) in [5, 5.41) is 15.3. The summed E-state index contributed by atoms with van der Waals surface area (Å²) in [5.41, 5.74) is 2.96. The van der Waals surface area contributed by atoms with Crippen LogP contribution < -0.4 is 49.6 Å². The number of carboxylic acids is 1. The fourth-order valence-electron chi connectivity index (χ4n) is 4.67. The number of aliphatic carboxylic acids is 1. The molecule has 8 nitrogen and oxygen atoms in total. The molecule has 4 aromatic rings. The van der Waals surface area contributed by atoms with Crippen molar-refractivity contribution in [1.82, 2.24) is 14.9 Å². The molecule has 3 aromatic carbocycles. The first kappa shape index (κ1) is 29.7. The molecule has 0 saturated carbocycles. The van der Waals surface area contributed by atoms with Crippen molar-refractivity contribution in [3.05, 3.63) is 112 Å². The van der Waals surface area contributed by atoms with E-state index >= 15 is 0 Å². The van der Waals surface area contributed by atoms with Crippen molar-refractivity contribution in [3.63, 3.8) is 0 Å². The molecule has 1 aromatic heterocycles. The molecule has 0 spiro atoms. The molecular formula is C30H28ClN4NaO4. The van der Waals surface area contributed by atoms with Crippen LogP contribution in [0, 0.1) is 6.92 Å². The van der Waals surface area contributed by atoms with E-state index in [1.165, 1.54) is 18.1 Å². The van der Waals surface area contributed by atoms with Crippen molar-refractivity contribution in [1.29, 1.82) is 0 Å². The monoisotopic (exact) mass is 566 g/mol. The molecule has 0 saturated heterocycles. The second kappa shape index (κ2) is 12.5. The number of benzene rings is 3. The SMILES string of the molecule is Cc1ccc(Cn2cncc2CN2CCOc3c(C(=O)NC(C)(C(=O)[O-])c4ccc(Cl)cc4)cccc32)cc1.[Na+]. The molecule has 1 atom stereocenters. The van der Waals surface area contributed by atoms with E-state index in [2.05, 4.69) is 51.0 Å². The van der Waals surface area contributed by atoms with Gasteiger partial charge in [0.25, 0.3) is 5.91 Å². The Balaban J connectivity index is 0.00000370. The number of hydrogen-bond acceptors (Lipinski definition) is 6. The number of ether oxygens (including phenoxy) is 1. The van der Waals surface area contributed by atoms with Crippen molar-refractivity contribution in [2.75, 3.05) is 18.1 Å². The summed E-state index contributed by atoms with van der Waals surface area (Å²) in [6.45, 7) is 5.71. The number of aryl methyl sites for hydroxylation is 1. The van der Waals surface area contributed by atoms with Crippen LogP contribution in [0.25, 0.3) is 0 Å². The molecule has 1 amide bonds. The van der Waals surface area contributed by atoms with Gasteiger partial charge in [0.15, 0.2) is 5.75 Å². The van der Waals surface area contributed by atoms with Gasteiger partial charge in [0.2, 0.25) is 0 Å². The summed E-state index contributed by atoms with van der Waals surface area (Å²) >= 11 is 5.97. The second-order valence-corrected chi connectivity index (χ2v) is 10.2. The van der Waals surface area contributed by atoms with E-state index in [1.54, 1.807) is 36.4 Å². The standard InChI is InChI=1S/C30H29ClN4O4.Na/c1-20-6-8-21(9-7-20)17-35-19-32-16-24(35)18-34-14-15-39-27-25(4-3-5-26(27)34)28(36)33-30(2,29(37)38)22-10-12-23(31)13-11-22;/h3-13,16,19H,14-15,17-18H2,1-2H3,(H,33,36)(H,37,38);/q;+1/p-1. The summed E-state index contributed by atoms with van der Waals surface area (Å²) in [6.07, 6.45) is 3.66. The summed E-state index contributed by atoms with van der Waals surface area (Å²) in [6, 6.07) is 19.9. The number of aromatic nitrogens is 2. The van der Waals surface area contributed by atoms with Crippen LogP contribution in [0.15, 0.2) is 79.3 Å². The van der Waals surface area contributed by atoms with Crippen LogP contribution in [0.1, 0.15) is 39.7 Å². The predicted octanol–water partition coefficient (Wildman–Crippen LogP) is 0.691.